The fourth-order valence-electron chi connectivity index (χ4n) is 2.39. The molecule has 0 radical (unpaired) electrons. The Morgan fingerprint density at radius 1 is 1.31 bits per heavy atom. The zero-order chi connectivity index (χ0) is 18.7. The first kappa shape index (κ1) is 17.5. The molecule has 0 aliphatic carbocycles. The van der Waals surface area contributed by atoms with Gasteiger partial charge in [0.2, 0.25) is 5.91 Å². The Bertz CT molecular complexity index is 982. The molecule has 1 N–H and O–H groups in total. The molecule has 0 aliphatic rings. The van der Waals surface area contributed by atoms with Crippen LogP contribution < -0.4 is 15.6 Å². The highest BCUT2D eigenvalue weighted by molar-refractivity contribution is 5.90. The van der Waals surface area contributed by atoms with Crippen LogP contribution in [0.4, 0.5) is 14.5 Å². The Hall–Kier alpha value is -3.30. The van der Waals surface area contributed by atoms with Gasteiger partial charge in [-0.1, -0.05) is 0 Å². The van der Waals surface area contributed by atoms with Gasteiger partial charge in [0, 0.05) is 25.7 Å². The first-order valence-electron chi connectivity index (χ1n) is 7.66. The number of aromatic nitrogens is 4. The van der Waals surface area contributed by atoms with Crippen LogP contribution in [0.15, 0.2) is 41.6 Å². The van der Waals surface area contributed by atoms with Gasteiger partial charge in [-0.25, -0.2) is 4.98 Å². The van der Waals surface area contributed by atoms with Crippen LogP contribution in [-0.4, -0.2) is 31.9 Å². The topological polar surface area (TPSA) is 91.0 Å². The number of nitrogens with zero attached hydrogens (tertiary/aromatic N) is 4. The number of halogens is 2. The van der Waals surface area contributed by atoms with Gasteiger partial charge in [-0.05, 0) is 24.3 Å². The van der Waals surface area contributed by atoms with E-state index in [0.717, 1.165) is 0 Å². The summed E-state index contributed by atoms with van der Waals surface area (Å²) in [7, 11) is 1.68. The lowest BCUT2D eigenvalue weighted by molar-refractivity contribution is -0.116. The van der Waals surface area contributed by atoms with Gasteiger partial charge in [-0.3, -0.25) is 18.8 Å². The molecule has 0 unspecified atom stereocenters. The van der Waals surface area contributed by atoms with Gasteiger partial charge in [0.25, 0.3) is 5.56 Å². The maximum atomic E-state index is 12.3. The first-order valence-corrected chi connectivity index (χ1v) is 7.66. The van der Waals surface area contributed by atoms with Crippen molar-refractivity contribution in [3.05, 3.63) is 47.1 Å². The molecule has 10 heteroatoms. The number of benzene rings is 1. The van der Waals surface area contributed by atoms with Gasteiger partial charge in [0.05, 0.1) is 12.5 Å². The number of alkyl halides is 2. The van der Waals surface area contributed by atoms with Crippen molar-refractivity contribution in [1.29, 1.82) is 0 Å². The lowest BCUT2D eigenvalue weighted by Gasteiger charge is -2.08. The van der Waals surface area contributed by atoms with Gasteiger partial charge in [-0.2, -0.15) is 13.9 Å². The molecule has 0 fully saturated rings. The lowest BCUT2D eigenvalue weighted by atomic mass is 10.3. The summed E-state index contributed by atoms with van der Waals surface area (Å²) in [5.41, 5.74) is 0.635. The Labute approximate surface area is 146 Å². The van der Waals surface area contributed by atoms with Crippen LogP contribution in [0, 0.1) is 0 Å². The first-order chi connectivity index (χ1) is 12.4. The van der Waals surface area contributed by atoms with Crippen molar-refractivity contribution >= 4 is 22.6 Å². The highest BCUT2D eigenvalue weighted by Gasteiger charge is 2.10. The molecule has 0 atom stereocenters. The van der Waals surface area contributed by atoms with Gasteiger partial charge >= 0.3 is 6.61 Å². The summed E-state index contributed by atoms with van der Waals surface area (Å²) in [5.74, 6) is -0.328. The van der Waals surface area contributed by atoms with Crippen LogP contribution in [0.25, 0.3) is 11.0 Å². The molecule has 2 heterocycles. The summed E-state index contributed by atoms with van der Waals surface area (Å²) in [6.07, 6.45) is 2.85. The number of aryl methyl sites for hydroxylation is 2. The predicted octanol–water partition coefficient (Wildman–Crippen LogP) is 1.76. The normalized spacial score (nSPS) is 11.1. The number of rotatable bonds is 6. The second-order valence-corrected chi connectivity index (χ2v) is 5.45. The number of hydrogen-bond donors (Lipinski definition) is 1. The molecule has 1 amide bonds. The maximum Gasteiger partial charge on any atom is 0.387 e. The number of anilines is 1. The second kappa shape index (κ2) is 7.30. The summed E-state index contributed by atoms with van der Waals surface area (Å²) in [5, 5.41) is 6.98. The van der Waals surface area contributed by atoms with Crippen LogP contribution in [-0.2, 0) is 18.4 Å². The van der Waals surface area contributed by atoms with E-state index in [2.05, 4.69) is 20.1 Å². The number of carbonyl (C=O) groups is 1. The predicted molar refractivity (Wildman–Crippen MR) is 89.1 cm³/mol. The zero-order valence-electron chi connectivity index (χ0n) is 13.7. The number of carbonyl (C=O) groups excluding carboxylic acids is 1. The Balaban J connectivity index is 1.60. The SMILES string of the molecule is Cn1ncc2c(=O)n(CCC(=O)Nc3ccc(OC(F)F)cc3)cnc21. The molecule has 0 spiro atoms. The van der Waals surface area contributed by atoms with Gasteiger partial charge in [-0.15, -0.1) is 0 Å². The minimum Gasteiger partial charge on any atom is -0.435 e. The van der Waals surface area contributed by atoms with E-state index in [1.807, 2.05) is 0 Å². The van der Waals surface area contributed by atoms with Crippen LogP contribution in [0.3, 0.4) is 0 Å². The number of ether oxygens (including phenoxy) is 1. The third-order valence-corrected chi connectivity index (χ3v) is 3.66. The molecule has 26 heavy (non-hydrogen) atoms. The fraction of sp³-hybridized carbons (Fsp3) is 0.250. The van der Waals surface area contributed by atoms with Crippen LogP contribution >= 0.6 is 0 Å². The number of hydrogen-bond acceptors (Lipinski definition) is 5. The molecular weight excluding hydrogens is 348 g/mol. The molecule has 8 nitrogen and oxygen atoms in total. The van der Waals surface area contributed by atoms with Gasteiger partial charge in [0.15, 0.2) is 5.65 Å². The Morgan fingerprint density at radius 3 is 2.73 bits per heavy atom. The van der Waals surface area contributed by atoms with Gasteiger partial charge in [0.1, 0.15) is 11.1 Å². The minimum absolute atomic E-state index is 0.000369. The number of fused-ring (bicyclic) bond motifs is 1. The van der Waals surface area contributed by atoms with E-state index in [1.54, 1.807) is 7.05 Å². The van der Waals surface area contributed by atoms with E-state index >= 15 is 0 Å². The van der Waals surface area contributed by atoms with Crippen molar-refractivity contribution in [2.24, 2.45) is 7.05 Å². The van der Waals surface area contributed by atoms with E-state index in [0.29, 0.717) is 16.7 Å². The van der Waals surface area contributed by atoms with E-state index in [4.69, 9.17) is 0 Å². The molecule has 1 aromatic carbocycles. The van der Waals surface area contributed by atoms with Crippen LogP contribution in [0.2, 0.25) is 0 Å². The third-order valence-electron chi connectivity index (χ3n) is 3.66. The summed E-state index contributed by atoms with van der Waals surface area (Å²) >= 11 is 0. The lowest BCUT2D eigenvalue weighted by Crippen LogP contribution is -2.23. The molecule has 0 saturated heterocycles. The summed E-state index contributed by atoms with van der Waals surface area (Å²) in [4.78, 5) is 28.5. The van der Waals surface area contributed by atoms with Crippen molar-refractivity contribution in [3.63, 3.8) is 0 Å². The van der Waals surface area contributed by atoms with E-state index in [9.17, 15) is 18.4 Å². The Morgan fingerprint density at radius 2 is 2.04 bits per heavy atom. The standard InChI is InChI=1S/C16H15F2N5O3/c1-22-14-12(8-20-22)15(25)23(9-19-14)7-6-13(24)21-10-2-4-11(5-3-10)26-16(17)18/h2-5,8-9,16H,6-7H2,1H3,(H,21,24). The molecule has 3 aromatic rings. The molecule has 2 aromatic heterocycles. The van der Waals surface area contributed by atoms with Crippen molar-refractivity contribution in [2.75, 3.05) is 5.32 Å². The van der Waals surface area contributed by atoms with Crippen molar-refractivity contribution < 1.29 is 18.3 Å². The number of amides is 1. The monoisotopic (exact) mass is 363 g/mol. The molecule has 3 rings (SSSR count). The fourth-order valence-corrected chi connectivity index (χ4v) is 2.39. The highest BCUT2D eigenvalue weighted by Crippen LogP contribution is 2.17. The quantitative estimate of drug-likeness (QED) is 0.721. The molecule has 0 saturated carbocycles. The molecule has 136 valence electrons. The summed E-state index contributed by atoms with van der Waals surface area (Å²) in [6, 6.07) is 5.55. The number of nitrogens with one attached hydrogen (secondary N) is 1. The van der Waals surface area contributed by atoms with Crippen LogP contribution in [0.5, 0.6) is 5.75 Å². The van der Waals surface area contributed by atoms with E-state index in [-0.39, 0.29) is 30.2 Å². The average Bonchev–Trinajstić information content (AvgIpc) is 2.98. The minimum atomic E-state index is -2.90. The highest BCUT2D eigenvalue weighted by atomic mass is 19.3. The molecular formula is C16H15F2N5O3. The maximum absolute atomic E-state index is 12.3. The smallest absolute Gasteiger partial charge is 0.387 e. The summed E-state index contributed by atoms with van der Waals surface area (Å²) < 4.78 is 31.3. The van der Waals surface area contributed by atoms with Gasteiger partial charge < -0.3 is 10.1 Å². The zero-order valence-corrected chi connectivity index (χ0v) is 13.7. The van der Waals surface area contributed by atoms with Crippen molar-refractivity contribution in [3.8, 4) is 5.75 Å². The average molecular weight is 363 g/mol. The third kappa shape index (κ3) is 3.85. The molecule has 0 bridgehead atoms. The summed E-state index contributed by atoms with van der Waals surface area (Å²) in [6.45, 7) is -2.76. The largest absolute Gasteiger partial charge is 0.435 e. The van der Waals surface area contributed by atoms with Crippen molar-refractivity contribution in [2.45, 2.75) is 19.6 Å². The van der Waals surface area contributed by atoms with E-state index in [1.165, 1.54) is 46.0 Å². The van der Waals surface area contributed by atoms with Crippen molar-refractivity contribution in [1.82, 2.24) is 19.3 Å². The molecule has 0 aliphatic heterocycles. The van der Waals surface area contributed by atoms with Crippen LogP contribution in [0.1, 0.15) is 6.42 Å². The van der Waals surface area contributed by atoms with E-state index < -0.39 is 6.61 Å². The Kier molecular flexibility index (Phi) is 4.92. The second-order valence-electron chi connectivity index (χ2n) is 5.45.